The Bertz CT molecular complexity index is 3690. The van der Waals surface area contributed by atoms with Gasteiger partial charge in [0.1, 0.15) is 0 Å². The predicted octanol–water partition coefficient (Wildman–Crippen LogP) is 15.7. The van der Waals surface area contributed by atoms with Gasteiger partial charge in [0.05, 0.1) is 27.8 Å². The zero-order valence-electron chi connectivity index (χ0n) is 31.9. The summed E-state index contributed by atoms with van der Waals surface area (Å²) < 4.78 is 4.90. The fraction of sp³-hybridized carbons (Fsp3) is 0. The van der Waals surface area contributed by atoms with Gasteiger partial charge in [-0.05, 0) is 98.8 Å². The molecule has 274 valence electrons. The van der Waals surface area contributed by atoms with Crippen molar-refractivity contribution in [1.29, 1.82) is 0 Å². The van der Waals surface area contributed by atoms with Gasteiger partial charge in [-0.15, -0.1) is 0 Å². The van der Waals surface area contributed by atoms with Crippen LogP contribution in [-0.4, -0.2) is 9.13 Å². The first kappa shape index (κ1) is 32.7. The molecule has 0 N–H and O–H groups in total. The Hall–Kier alpha value is -7.33. The second kappa shape index (κ2) is 12.6. The van der Waals surface area contributed by atoms with Gasteiger partial charge in [0.15, 0.2) is 0 Å². The van der Waals surface area contributed by atoms with E-state index in [1.807, 2.05) is 11.8 Å². The molecule has 0 radical (unpaired) electrons. The number of para-hydroxylation sites is 3. The number of nitrogens with zero attached hydrogens (tertiary/aromatic N) is 2. The third-order valence-electron chi connectivity index (χ3n) is 12.5. The monoisotopic (exact) mass is 766 g/mol. The Balaban J connectivity index is 0.978. The van der Waals surface area contributed by atoms with Crippen LogP contribution in [0.15, 0.2) is 216 Å². The van der Waals surface area contributed by atoms with Crippen LogP contribution in [0, 0.1) is 0 Å². The van der Waals surface area contributed by atoms with Crippen LogP contribution in [0.5, 0.6) is 0 Å². The van der Waals surface area contributed by atoms with Gasteiger partial charge in [-0.3, -0.25) is 0 Å². The Morgan fingerprint density at radius 3 is 1.76 bits per heavy atom. The largest absolute Gasteiger partial charge is 0.309 e. The quantitative estimate of drug-likeness (QED) is 0.173. The molecule has 0 saturated heterocycles. The number of rotatable bonds is 4. The van der Waals surface area contributed by atoms with Crippen molar-refractivity contribution in [3.8, 4) is 44.8 Å². The summed E-state index contributed by atoms with van der Waals surface area (Å²) in [6.07, 6.45) is 0. The number of aromatic nitrogens is 2. The maximum absolute atomic E-state index is 2.46. The molecule has 0 fully saturated rings. The van der Waals surface area contributed by atoms with Crippen LogP contribution in [0.3, 0.4) is 0 Å². The zero-order chi connectivity index (χ0) is 38.6. The lowest BCUT2D eigenvalue weighted by Gasteiger charge is -2.22. The third kappa shape index (κ3) is 4.77. The van der Waals surface area contributed by atoms with Crippen molar-refractivity contribution in [2.24, 2.45) is 0 Å². The van der Waals surface area contributed by atoms with Crippen molar-refractivity contribution < 1.29 is 0 Å². The average molecular weight is 767 g/mol. The molecule has 0 spiro atoms. The summed E-state index contributed by atoms with van der Waals surface area (Å²) in [5, 5.41) is 10.3. The van der Waals surface area contributed by atoms with Gasteiger partial charge < -0.3 is 9.13 Å². The summed E-state index contributed by atoms with van der Waals surface area (Å²) in [6, 6.07) is 76.1. The standard InChI is InChI=1S/C56H34N2S/c1-3-14-35(15-4-1)36-27-30-51-47(32-36)42-20-9-11-24-48(42)58(51)50-31-29-39(40-18-7-8-19-41(40)50)37-26-28-43-44-22-13-23-46-55-45-21-10-12-25-49(45)57(38-16-5-2-6-17-38)52(55)34-54(56(44)46)59-53(43)33-37/h1-34H. The molecule has 0 bridgehead atoms. The lowest BCUT2D eigenvalue weighted by molar-refractivity contribution is 1.18. The normalized spacial score (nSPS) is 12.3. The molecule has 0 saturated carbocycles. The Kier molecular flexibility index (Phi) is 6.98. The lowest BCUT2D eigenvalue weighted by atomic mass is 9.92. The van der Waals surface area contributed by atoms with Crippen molar-refractivity contribution in [1.82, 2.24) is 9.13 Å². The number of hydrogen-bond donors (Lipinski definition) is 0. The van der Waals surface area contributed by atoms with E-state index in [0.29, 0.717) is 0 Å². The minimum Gasteiger partial charge on any atom is -0.309 e. The molecule has 2 nitrogen and oxygen atoms in total. The van der Waals surface area contributed by atoms with Crippen LogP contribution in [0.2, 0.25) is 0 Å². The van der Waals surface area contributed by atoms with Crippen molar-refractivity contribution in [3.63, 3.8) is 0 Å². The number of hydrogen-bond acceptors (Lipinski definition) is 1. The van der Waals surface area contributed by atoms with E-state index in [0.717, 1.165) is 0 Å². The highest BCUT2D eigenvalue weighted by Crippen LogP contribution is 2.52. The smallest absolute Gasteiger partial charge is 0.0558 e. The molecule has 12 aromatic rings. The molecule has 0 aliphatic carbocycles. The van der Waals surface area contributed by atoms with E-state index in [9.17, 15) is 0 Å². The minimum atomic E-state index is 1.18. The fourth-order valence-corrected chi connectivity index (χ4v) is 11.2. The summed E-state index contributed by atoms with van der Waals surface area (Å²) in [7, 11) is 0. The van der Waals surface area contributed by atoms with Gasteiger partial charge in [-0.2, -0.15) is 0 Å². The number of benzene rings is 10. The van der Waals surface area contributed by atoms with Gasteiger partial charge in [0.2, 0.25) is 0 Å². The van der Waals surface area contributed by atoms with Crippen LogP contribution in [-0.2, 0) is 0 Å². The molecule has 0 atom stereocenters. The zero-order valence-corrected chi connectivity index (χ0v) is 32.7. The van der Waals surface area contributed by atoms with E-state index >= 15 is 0 Å². The molecule has 10 aromatic carbocycles. The molecular formula is C56H34N2S. The SMILES string of the molecule is c1ccc(-c2ccc3c(c2)c2ccccc2n3-c2ccc(-c3ccc4c(c3)Sc3cc5c(c6cccc-4c36)c3ccccc3n5-c3ccccc3)c3ccccc23)cc1. The highest BCUT2D eigenvalue weighted by molar-refractivity contribution is 7.99. The Labute approximate surface area is 345 Å². The average Bonchev–Trinajstić information content (AvgIpc) is 3.81. The topological polar surface area (TPSA) is 9.86 Å². The fourth-order valence-electron chi connectivity index (χ4n) is 9.95. The van der Waals surface area contributed by atoms with Gasteiger partial charge in [-0.25, -0.2) is 0 Å². The molecule has 59 heavy (non-hydrogen) atoms. The van der Waals surface area contributed by atoms with E-state index < -0.39 is 0 Å². The molecule has 2 aromatic heterocycles. The Morgan fingerprint density at radius 2 is 0.932 bits per heavy atom. The van der Waals surface area contributed by atoms with E-state index in [-0.39, 0.29) is 0 Å². The first-order valence-corrected chi connectivity index (χ1v) is 21.1. The van der Waals surface area contributed by atoms with Crippen LogP contribution in [0.1, 0.15) is 0 Å². The molecule has 0 unspecified atom stereocenters. The predicted molar refractivity (Wildman–Crippen MR) is 251 cm³/mol. The highest BCUT2D eigenvalue weighted by Gasteiger charge is 2.25. The van der Waals surface area contributed by atoms with Crippen molar-refractivity contribution in [2.45, 2.75) is 9.79 Å². The molecule has 13 rings (SSSR count). The second-order valence-corrected chi connectivity index (χ2v) is 16.7. The summed E-state index contributed by atoms with van der Waals surface area (Å²) >= 11 is 1.90. The lowest BCUT2D eigenvalue weighted by Crippen LogP contribution is -1.97. The summed E-state index contributed by atoms with van der Waals surface area (Å²) in [4.78, 5) is 2.59. The van der Waals surface area contributed by atoms with E-state index in [1.165, 1.54) is 120 Å². The van der Waals surface area contributed by atoms with Crippen molar-refractivity contribution in [2.75, 3.05) is 0 Å². The maximum atomic E-state index is 2.46. The van der Waals surface area contributed by atoms with Crippen molar-refractivity contribution >= 4 is 76.9 Å². The first-order chi connectivity index (χ1) is 29.3. The van der Waals surface area contributed by atoms with Crippen LogP contribution in [0.4, 0.5) is 0 Å². The minimum absolute atomic E-state index is 1.18. The van der Waals surface area contributed by atoms with Crippen LogP contribution >= 0.6 is 11.8 Å². The van der Waals surface area contributed by atoms with Gasteiger partial charge >= 0.3 is 0 Å². The third-order valence-corrected chi connectivity index (χ3v) is 13.6. The molecule has 1 aliphatic rings. The van der Waals surface area contributed by atoms with E-state index in [4.69, 9.17) is 0 Å². The maximum Gasteiger partial charge on any atom is 0.0558 e. The molecular weight excluding hydrogens is 733 g/mol. The summed E-state index contributed by atoms with van der Waals surface area (Å²) in [5.41, 5.74) is 14.8. The van der Waals surface area contributed by atoms with Crippen LogP contribution < -0.4 is 0 Å². The van der Waals surface area contributed by atoms with E-state index in [1.54, 1.807) is 0 Å². The second-order valence-electron chi connectivity index (χ2n) is 15.6. The van der Waals surface area contributed by atoms with E-state index in [2.05, 4.69) is 215 Å². The summed E-state index contributed by atoms with van der Waals surface area (Å²) in [5.74, 6) is 0. The van der Waals surface area contributed by atoms with Gasteiger partial charge in [0.25, 0.3) is 0 Å². The molecule has 0 amide bonds. The summed E-state index contributed by atoms with van der Waals surface area (Å²) in [6.45, 7) is 0. The molecule has 1 aliphatic heterocycles. The van der Waals surface area contributed by atoms with Crippen LogP contribution in [0.25, 0.3) is 110 Å². The first-order valence-electron chi connectivity index (χ1n) is 20.3. The van der Waals surface area contributed by atoms with Gasteiger partial charge in [-0.1, -0.05) is 163 Å². The Morgan fingerprint density at radius 1 is 0.288 bits per heavy atom. The van der Waals surface area contributed by atoms with Crippen molar-refractivity contribution in [3.05, 3.63) is 206 Å². The number of fused-ring (bicyclic) bond motifs is 10. The molecule has 3 heteroatoms. The molecule has 3 heterocycles. The highest BCUT2D eigenvalue weighted by atomic mass is 32.2. The van der Waals surface area contributed by atoms with Gasteiger partial charge in [0, 0.05) is 47.8 Å².